The zero-order valence-electron chi connectivity index (χ0n) is 13.2. The van der Waals surface area contributed by atoms with Gasteiger partial charge in [0.25, 0.3) is 0 Å². The lowest BCUT2D eigenvalue weighted by atomic mass is 9.70. The van der Waals surface area contributed by atoms with E-state index in [4.69, 9.17) is 9.47 Å². The highest BCUT2D eigenvalue weighted by atomic mass is 16.5. The van der Waals surface area contributed by atoms with E-state index in [9.17, 15) is 9.59 Å². The molecule has 1 amide bonds. The van der Waals surface area contributed by atoms with Gasteiger partial charge in [-0.2, -0.15) is 0 Å². The van der Waals surface area contributed by atoms with Crippen molar-refractivity contribution in [3.8, 4) is 11.5 Å². The van der Waals surface area contributed by atoms with Crippen LogP contribution in [0, 0.1) is 5.92 Å². The molecule has 1 aromatic carbocycles. The van der Waals surface area contributed by atoms with Gasteiger partial charge in [0.15, 0.2) is 17.3 Å². The molecule has 5 heteroatoms. The Labute approximate surface area is 130 Å². The minimum atomic E-state index is -0.749. The van der Waals surface area contributed by atoms with Gasteiger partial charge in [-0.3, -0.25) is 9.59 Å². The molecule has 118 valence electrons. The van der Waals surface area contributed by atoms with Gasteiger partial charge in [0.05, 0.1) is 14.2 Å². The Balaban J connectivity index is 1.99. The van der Waals surface area contributed by atoms with Gasteiger partial charge in [0.2, 0.25) is 5.91 Å². The maximum Gasteiger partial charge on any atom is 0.221 e. The van der Waals surface area contributed by atoms with Crippen LogP contribution in [-0.4, -0.2) is 31.4 Å². The van der Waals surface area contributed by atoms with E-state index in [1.165, 1.54) is 0 Å². The molecule has 1 fully saturated rings. The first-order valence-corrected chi connectivity index (χ1v) is 7.58. The highest BCUT2D eigenvalue weighted by Gasteiger charge is 2.47. The molecule has 0 aromatic heterocycles. The summed E-state index contributed by atoms with van der Waals surface area (Å²) in [5.41, 5.74) is 1.46. The third-order valence-corrected chi connectivity index (χ3v) is 4.81. The molecule has 0 radical (unpaired) electrons. The predicted octanol–water partition coefficient (Wildman–Crippen LogP) is 1.66. The Hall–Kier alpha value is -2.04. The number of nitrogens with one attached hydrogen (secondary N) is 1. The largest absolute Gasteiger partial charge is 0.493 e. The number of hydrogen-bond donors (Lipinski definition) is 1. The number of carbonyl (C=O) groups is 2. The lowest BCUT2D eigenvalue weighted by molar-refractivity contribution is -0.141. The molecule has 22 heavy (non-hydrogen) atoms. The highest BCUT2D eigenvalue weighted by molar-refractivity contribution is 6.00. The Bertz CT molecular complexity index is 640. The molecular formula is C17H21NO4. The summed E-state index contributed by atoms with van der Waals surface area (Å²) in [5.74, 6) is 1.25. The maximum absolute atomic E-state index is 12.7. The third-order valence-electron chi connectivity index (χ3n) is 4.81. The third kappa shape index (κ3) is 2.25. The van der Waals surface area contributed by atoms with E-state index < -0.39 is 5.54 Å². The number of ether oxygens (including phenoxy) is 2. The number of methoxy groups -OCH3 is 2. The van der Waals surface area contributed by atoms with E-state index in [1.807, 2.05) is 19.1 Å². The van der Waals surface area contributed by atoms with Crippen LogP contribution in [0.3, 0.4) is 0 Å². The standard InChI is InChI=1S/C17H21NO4/c1-10-6-15(19)18-17(16(10)20)5-4-11-7-13(21-2)14(22-3)8-12(11)9-17/h7-8,10H,4-6,9H2,1-3H3,(H,18,19). The van der Waals surface area contributed by atoms with Crippen LogP contribution in [0.25, 0.3) is 0 Å². The molecule has 2 atom stereocenters. The Morgan fingerprint density at radius 1 is 1.14 bits per heavy atom. The number of amides is 1. The van der Waals surface area contributed by atoms with Crippen LogP contribution in [0.1, 0.15) is 30.9 Å². The summed E-state index contributed by atoms with van der Waals surface area (Å²) in [4.78, 5) is 24.6. The van der Waals surface area contributed by atoms with E-state index >= 15 is 0 Å². The maximum atomic E-state index is 12.7. The van der Waals surface area contributed by atoms with Crippen LogP contribution in [-0.2, 0) is 22.4 Å². The lowest BCUT2D eigenvalue weighted by Gasteiger charge is -2.42. The summed E-state index contributed by atoms with van der Waals surface area (Å²) in [6.45, 7) is 1.84. The summed E-state index contributed by atoms with van der Waals surface area (Å²) in [5, 5.41) is 2.96. The van der Waals surface area contributed by atoms with Crippen LogP contribution < -0.4 is 14.8 Å². The van der Waals surface area contributed by atoms with E-state index in [0.29, 0.717) is 30.8 Å². The van der Waals surface area contributed by atoms with Crippen molar-refractivity contribution < 1.29 is 19.1 Å². The summed E-state index contributed by atoms with van der Waals surface area (Å²) in [6, 6.07) is 3.90. The normalized spacial score (nSPS) is 27.3. The molecule has 1 spiro atoms. The van der Waals surface area contributed by atoms with E-state index in [1.54, 1.807) is 14.2 Å². The van der Waals surface area contributed by atoms with Crippen LogP contribution in [0.2, 0.25) is 0 Å². The zero-order chi connectivity index (χ0) is 15.9. The van der Waals surface area contributed by atoms with Crippen LogP contribution in [0.4, 0.5) is 0 Å². The van der Waals surface area contributed by atoms with Crippen LogP contribution in [0.5, 0.6) is 11.5 Å². The van der Waals surface area contributed by atoms with Crippen molar-refractivity contribution in [2.45, 2.75) is 38.1 Å². The highest BCUT2D eigenvalue weighted by Crippen LogP contribution is 2.39. The van der Waals surface area contributed by atoms with Gasteiger partial charge in [-0.05, 0) is 36.1 Å². The number of carbonyl (C=O) groups excluding carboxylic acids is 2. The molecule has 1 aromatic rings. The molecule has 3 rings (SSSR count). The minimum absolute atomic E-state index is 0.0315. The van der Waals surface area contributed by atoms with Gasteiger partial charge >= 0.3 is 0 Å². The molecular weight excluding hydrogens is 282 g/mol. The number of ketones is 1. The second-order valence-corrected chi connectivity index (χ2v) is 6.25. The number of hydrogen-bond acceptors (Lipinski definition) is 4. The fraction of sp³-hybridized carbons (Fsp3) is 0.529. The molecule has 1 heterocycles. The van der Waals surface area contributed by atoms with Gasteiger partial charge < -0.3 is 14.8 Å². The van der Waals surface area contributed by atoms with Crippen molar-refractivity contribution in [3.05, 3.63) is 23.3 Å². The van der Waals surface area contributed by atoms with E-state index in [-0.39, 0.29) is 17.6 Å². The number of fused-ring (bicyclic) bond motifs is 1. The van der Waals surface area contributed by atoms with Gasteiger partial charge in [0.1, 0.15) is 5.54 Å². The molecule has 1 saturated heterocycles. The zero-order valence-corrected chi connectivity index (χ0v) is 13.2. The summed E-state index contributed by atoms with van der Waals surface area (Å²) in [7, 11) is 3.21. The fourth-order valence-electron chi connectivity index (χ4n) is 3.66. The van der Waals surface area contributed by atoms with Crippen molar-refractivity contribution >= 4 is 11.7 Å². The van der Waals surface area contributed by atoms with Crippen molar-refractivity contribution in [1.82, 2.24) is 5.32 Å². The van der Waals surface area contributed by atoms with Crippen molar-refractivity contribution in [2.75, 3.05) is 14.2 Å². The molecule has 2 aliphatic rings. The summed E-state index contributed by atoms with van der Waals surface area (Å²) >= 11 is 0. The van der Waals surface area contributed by atoms with Gasteiger partial charge in [-0.25, -0.2) is 0 Å². The average molecular weight is 303 g/mol. The molecule has 0 bridgehead atoms. The number of Topliss-reactive ketones (excluding diaryl/α,β-unsaturated/α-hetero) is 1. The first kappa shape index (κ1) is 14.9. The van der Waals surface area contributed by atoms with Crippen LogP contribution in [0.15, 0.2) is 12.1 Å². The van der Waals surface area contributed by atoms with Gasteiger partial charge in [-0.1, -0.05) is 6.92 Å². The average Bonchev–Trinajstić information content (AvgIpc) is 2.51. The Kier molecular flexibility index (Phi) is 3.59. The molecule has 2 unspecified atom stereocenters. The first-order valence-electron chi connectivity index (χ1n) is 7.58. The molecule has 0 saturated carbocycles. The summed E-state index contributed by atoms with van der Waals surface area (Å²) in [6.07, 6.45) is 2.20. The number of piperidine rings is 1. The number of aryl methyl sites for hydroxylation is 1. The lowest BCUT2D eigenvalue weighted by Crippen LogP contribution is -2.63. The smallest absolute Gasteiger partial charge is 0.221 e. The first-order chi connectivity index (χ1) is 10.5. The predicted molar refractivity (Wildman–Crippen MR) is 81.2 cm³/mol. The fourth-order valence-corrected chi connectivity index (χ4v) is 3.66. The van der Waals surface area contributed by atoms with Gasteiger partial charge in [0, 0.05) is 18.8 Å². The molecule has 1 aliphatic carbocycles. The SMILES string of the molecule is COc1cc2c(cc1OC)CC1(CC2)NC(=O)CC(C)C1=O. The molecule has 5 nitrogen and oxygen atoms in total. The molecule has 1 aliphatic heterocycles. The van der Waals surface area contributed by atoms with Gasteiger partial charge in [-0.15, -0.1) is 0 Å². The Morgan fingerprint density at radius 2 is 1.77 bits per heavy atom. The van der Waals surface area contributed by atoms with Crippen molar-refractivity contribution in [3.63, 3.8) is 0 Å². The second-order valence-electron chi connectivity index (χ2n) is 6.25. The van der Waals surface area contributed by atoms with Crippen LogP contribution >= 0.6 is 0 Å². The minimum Gasteiger partial charge on any atom is -0.493 e. The monoisotopic (exact) mass is 303 g/mol. The summed E-state index contributed by atoms with van der Waals surface area (Å²) < 4.78 is 10.7. The van der Waals surface area contributed by atoms with Crippen molar-refractivity contribution in [1.29, 1.82) is 0 Å². The van der Waals surface area contributed by atoms with E-state index in [0.717, 1.165) is 17.5 Å². The topological polar surface area (TPSA) is 64.6 Å². The van der Waals surface area contributed by atoms with Crippen molar-refractivity contribution in [2.24, 2.45) is 5.92 Å². The second kappa shape index (κ2) is 5.30. The number of rotatable bonds is 2. The quantitative estimate of drug-likeness (QED) is 0.902. The number of benzene rings is 1. The molecule has 1 N–H and O–H groups in total. The Morgan fingerprint density at radius 3 is 2.41 bits per heavy atom. The van der Waals surface area contributed by atoms with E-state index in [2.05, 4.69) is 5.32 Å².